The Morgan fingerprint density at radius 1 is 1.42 bits per heavy atom. The molecule has 0 saturated carbocycles. The van der Waals surface area contributed by atoms with E-state index in [2.05, 4.69) is 5.32 Å². The second kappa shape index (κ2) is 6.63. The Morgan fingerprint density at radius 3 is 2.47 bits per heavy atom. The molecule has 0 fully saturated rings. The molecule has 0 amide bonds. The molecule has 0 saturated heterocycles. The van der Waals surface area contributed by atoms with Gasteiger partial charge in [-0.25, -0.2) is 0 Å². The van der Waals surface area contributed by atoms with Crippen LogP contribution >= 0.6 is 0 Å². The predicted octanol–water partition coefficient (Wildman–Crippen LogP) is 2.80. The third-order valence-electron chi connectivity index (χ3n) is 3.18. The number of hydrogen-bond acceptors (Lipinski definition) is 4. The van der Waals surface area contributed by atoms with Crippen molar-refractivity contribution in [3.8, 4) is 0 Å². The van der Waals surface area contributed by atoms with Crippen LogP contribution in [0.25, 0.3) is 0 Å². The Hall–Kier alpha value is -1.46. The van der Waals surface area contributed by atoms with Crippen molar-refractivity contribution in [2.75, 3.05) is 6.54 Å². The summed E-state index contributed by atoms with van der Waals surface area (Å²) in [6, 6.07) is 6.52. The first-order chi connectivity index (χ1) is 8.85. The molecule has 0 spiro atoms. The number of nitrogens with one attached hydrogen (secondary N) is 1. The highest BCUT2D eigenvalue weighted by atomic mass is 16.6. The van der Waals surface area contributed by atoms with E-state index in [0.717, 1.165) is 18.4 Å². The average molecular weight is 266 g/mol. The number of non-ortho nitro benzene ring substituents is 1. The van der Waals surface area contributed by atoms with Crippen molar-refractivity contribution in [2.24, 2.45) is 0 Å². The fourth-order valence-electron chi connectivity index (χ4n) is 2.00. The van der Waals surface area contributed by atoms with Gasteiger partial charge >= 0.3 is 0 Å². The van der Waals surface area contributed by atoms with Gasteiger partial charge in [-0.2, -0.15) is 0 Å². The minimum Gasteiger partial charge on any atom is -0.389 e. The van der Waals surface area contributed by atoms with Crippen molar-refractivity contribution in [3.05, 3.63) is 39.9 Å². The fraction of sp³-hybridized carbons (Fsp3) is 0.571. The number of benzene rings is 1. The van der Waals surface area contributed by atoms with Gasteiger partial charge in [-0.05, 0) is 25.8 Å². The van der Waals surface area contributed by atoms with Gasteiger partial charge in [0.15, 0.2) is 0 Å². The lowest BCUT2D eigenvalue weighted by molar-refractivity contribution is -0.384. The maximum atomic E-state index is 10.6. The van der Waals surface area contributed by atoms with Crippen LogP contribution in [-0.2, 0) is 0 Å². The van der Waals surface area contributed by atoms with E-state index in [1.54, 1.807) is 12.1 Å². The fourth-order valence-corrected chi connectivity index (χ4v) is 2.00. The summed E-state index contributed by atoms with van der Waals surface area (Å²) in [6.45, 7) is 6.32. The van der Waals surface area contributed by atoms with Crippen LogP contribution in [0, 0.1) is 10.1 Å². The van der Waals surface area contributed by atoms with Crippen LogP contribution in [0.5, 0.6) is 0 Å². The van der Waals surface area contributed by atoms with Crippen molar-refractivity contribution >= 4 is 5.69 Å². The van der Waals surface area contributed by atoms with Crippen LogP contribution in [0.3, 0.4) is 0 Å². The van der Waals surface area contributed by atoms with Gasteiger partial charge in [0.2, 0.25) is 0 Å². The van der Waals surface area contributed by atoms with E-state index >= 15 is 0 Å². The minimum absolute atomic E-state index is 0.0455. The molecule has 0 bridgehead atoms. The number of nitro benzene ring substituents is 1. The molecule has 0 heterocycles. The van der Waals surface area contributed by atoms with E-state index in [0.29, 0.717) is 6.54 Å². The Morgan fingerprint density at radius 2 is 2.00 bits per heavy atom. The number of nitrogens with zero attached hydrogens (tertiary/aromatic N) is 1. The van der Waals surface area contributed by atoms with Gasteiger partial charge in [0.05, 0.1) is 10.5 Å². The van der Waals surface area contributed by atoms with Crippen LogP contribution in [0.15, 0.2) is 24.3 Å². The molecule has 5 nitrogen and oxygen atoms in total. The van der Waals surface area contributed by atoms with Crippen LogP contribution < -0.4 is 5.32 Å². The monoisotopic (exact) mass is 266 g/mol. The van der Waals surface area contributed by atoms with Gasteiger partial charge in [0.1, 0.15) is 0 Å². The van der Waals surface area contributed by atoms with E-state index in [1.165, 1.54) is 12.1 Å². The molecule has 1 aromatic carbocycles. The first-order valence-electron chi connectivity index (χ1n) is 6.56. The summed E-state index contributed by atoms with van der Waals surface area (Å²) in [6.07, 6.45) is 1.67. The van der Waals surface area contributed by atoms with E-state index in [1.807, 2.05) is 20.8 Å². The molecule has 0 aliphatic heterocycles. The Labute approximate surface area is 113 Å². The highest BCUT2D eigenvalue weighted by Gasteiger charge is 2.20. The SMILES string of the molecule is CCCC(C)(O)CNC(C)c1ccc([N+](=O)[O-])cc1. The van der Waals surface area contributed by atoms with E-state index < -0.39 is 10.5 Å². The first-order valence-corrected chi connectivity index (χ1v) is 6.56. The molecule has 2 N–H and O–H groups in total. The van der Waals surface area contributed by atoms with Crippen molar-refractivity contribution in [1.29, 1.82) is 0 Å². The molecule has 0 aliphatic rings. The highest BCUT2D eigenvalue weighted by molar-refractivity contribution is 5.34. The lowest BCUT2D eigenvalue weighted by Crippen LogP contribution is -2.38. The topological polar surface area (TPSA) is 75.4 Å². The van der Waals surface area contributed by atoms with Crippen molar-refractivity contribution < 1.29 is 10.0 Å². The van der Waals surface area contributed by atoms with Gasteiger partial charge < -0.3 is 10.4 Å². The Balaban J connectivity index is 2.58. The maximum absolute atomic E-state index is 10.6. The van der Waals surface area contributed by atoms with Crippen LogP contribution in [0.4, 0.5) is 5.69 Å². The largest absolute Gasteiger partial charge is 0.389 e. The standard InChI is InChI=1S/C14H22N2O3/c1-4-9-14(3,17)10-15-11(2)12-5-7-13(8-6-12)16(18)19/h5-8,11,15,17H,4,9-10H2,1-3H3. The molecule has 0 radical (unpaired) electrons. The second-order valence-corrected chi connectivity index (χ2v) is 5.20. The molecule has 2 unspecified atom stereocenters. The highest BCUT2D eigenvalue weighted by Crippen LogP contribution is 2.18. The zero-order valence-electron chi connectivity index (χ0n) is 11.7. The van der Waals surface area contributed by atoms with E-state index in [9.17, 15) is 15.2 Å². The Bertz CT molecular complexity index is 415. The first kappa shape index (κ1) is 15.6. The minimum atomic E-state index is -0.718. The zero-order chi connectivity index (χ0) is 14.5. The number of nitro groups is 1. The van der Waals surface area contributed by atoms with Crippen LogP contribution in [0.2, 0.25) is 0 Å². The number of hydrogen-bond donors (Lipinski definition) is 2. The van der Waals surface area contributed by atoms with Gasteiger partial charge in [0, 0.05) is 24.7 Å². The molecule has 0 aromatic heterocycles. The summed E-state index contributed by atoms with van der Waals surface area (Å²) in [5, 5.41) is 23.9. The number of aliphatic hydroxyl groups is 1. The van der Waals surface area contributed by atoms with E-state index in [4.69, 9.17) is 0 Å². The lowest BCUT2D eigenvalue weighted by atomic mass is 9.99. The summed E-state index contributed by atoms with van der Waals surface area (Å²) in [4.78, 5) is 10.2. The molecule has 1 aromatic rings. The lowest BCUT2D eigenvalue weighted by Gasteiger charge is -2.25. The molecule has 19 heavy (non-hydrogen) atoms. The third-order valence-corrected chi connectivity index (χ3v) is 3.18. The second-order valence-electron chi connectivity index (χ2n) is 5.20. The summed E-state index contributed by atoms with van der Waals surface area (Å²) in [5.74, 6) is 0. The van der Waals surface area contributed by atoms with Crippen LogP contribution in [-0.4, -0.2) is 22.2 Å². The van der Waals surface area contributed by atoms with Gasteiger partial charge in [-0.15, -0.1) is 0 Å². The summed E-state index contributed by atoms with van der Waals surface area (Å²) < 4.78 is 0. The summed E-state index contributed by atoms with van der Waals surface area (Å²) in [7, 11) is 0. The van der Waals surface area contributed by atoms with Gasteiger partial charge in [0.25, 0.3) is 5.69 Å². The molecular formula is C14H22N2O3. The summed E-state index contributed by atoms with van der Waals surface area (Å²) >= 11 is 0. The maximum Gasteiger partial charge on any atom is 0.269 e. The molecule has 1 rings (SSSR count). The summed E-state index contributed by atoms with van der Waals surface area (Å²) in [5.41, 5.74) is 0.343. The average Bonchev–Trinajstić information content (AvgIpc) is 2.36. The number of rotatable bonds is 7. The molecule has 0 aliphatic carbocycles. The zero-order valence-corrected chi connectivity index (χ0v) is 11.7. The van der Waals surface area contributed by atoms with Crippen molar-refractivity contribution in [2.45, 2.75) is 45.3 Å². The smallest absolute Gasteiger partial charge is 0.269 e. The van der Waals surface area contributed by atoms with Gasteiger partial charge in [-0.3, -0.25) is 10.1 Å². The van der Waals surface area contributed by atoms with Crippen molar-refractivity contribution in [1.82, 2.24) is 5.32 Å². The quantitative estimate of drug-likeness (QED) is 0.588. The van der Waals surface area contributed by atoms with Crippen molar-refractivity contribution in [3.63, 3.8) is 0 Å². The molecular weight excluding hydrogens is 244 g/mol. The van der Waals surface area contributed by atoms with E-state index in [-0.39, 0.29) is 11.7 Å². The Kier molecular flexibility index (Phi) is 5.44. The third kappa shape index (κ3) is 4.96. The molecule has 2 atom stereocenters. The molecule has 5 heteroatoms. The van der Waals surface area contributed by atoms with Crippen LogP contribution in [0.1, 0.15) is 45.2 Å². The predicted molar refractivity (Wildman–Crippen MR) is 75.0 cm³/mol. The molecule has 106 valence electrons. The van der Waals surface area contributed by atoms with Gasteiger partial charge in [-0.1, -0.05) is 25.5 Å². The normalized spacial score (nSPS) is 15.8.